The van der Waals surface area contributed by atoms with Crippen molar-refractivity contribution in [3.63, 3.8) is 0 Å². The summed E-state index contributed by atoms with van der Waals surface area (Å²) in [6, 6.07) is 14.1. The lowest BCUT2D eigenvalue weighted by molar-refractivity contribution is -0.161. The number of fused-ring (bicyclic) bond motifs is 1. The van der Waals surface area contributed by atoms with Gasteiger partial charge in [0.25, 0.3) is 5.56 Å². The van der Waals surface area contributed by atoms with Crippen LogP contribution in [0, 0.1) is 5.41 Å². The predicted octanol–water partition coefficient (Wildman–Crippen LogP) is 4.65. The second kappa shape index (κ2) is 9.37. The molecule has 0 bridgehead atoms. The standard InChI is InChI=1S/C27H28N4O4/c1-3-34-21-14-19(9-10-20(21)23-30-24-22(25(32)31-23)28-16-29-24)18-8-5-7-17(13-18)15-27(11-6-12-27)26(33)35-4-2/h5,7-10,13-14,16H,3-4,6,11-12,15H2,1-2H3,(H2,28,29,30,31,32). The van der Waals surface area contributed by atoms with E-state index in [-0.39, 0.29) is 11.5 Å². The topological polar surface area (TPSA) is 110 Å². The van der Waals surface area contributed by atoms with E-state index in [2.05, 4.69) is 32.1 Å². The maximum Gasteiger partial charge on any atom is 0.312 e. The number of nitrogens with zero attached hydrogens (tertiary/aromatic N) is 2. The predicted molar refractivity (Wildman–Crippen MR) is 133 cm³/mol. The van der Waals surface area contributed by atoms with Crippen LogP contribution in [-0.2, 0) is 16.0 Å². The highest BCUT2D eigenvalue weighted by Crippen LogP contribution is 2.45. The quantitative estimate of drug-likeness (QED) is 0.361. The number of ether oxygens (including phenoxy) is 2. The molecule has 5 rings (SSSR count). The number of hydrogen-bond acceptors (Lipinski definition) is 6. The highest BCUT2D eigenvalue weighted by molar-refractivity contribution is 5.79. The summed E-state index contributed by atoms with van der Waals surface area (Å²) >= 11 is 0. The van der Waals surface area contributed by atoms with E-state index in [1.807, 2.05) is 44.2 Å². The van der Waals surface area contributed by atoms with Gasteiger partial charge in [-0.25, -0.2) is 9.97 Å². The molecule has 0 unspecified atom stereocenters. The molecule has 2 aromatic heterocycles. The second-order valence-corrected chi connectivity index (χ2v) is 8.89. The Morgan fingerprint density at radius 1 is 1.09 bits per heavy atom. The number of benzene rings is 2. The Morgan fingerprint density at radius 2 is 1.91 bits per heavy atom. The normalized spacial score (nSPS) is 14.5. The molecule has 2 N–H and O–H groups in total. The first-order chi connectivity index (χ1) is 17.0. The summed E-state index contributed by atoms with van der Waals surface area (Å²) in [7, 11) is 0. The molecule has 1 aliphatic carbocycles. The summed E-state index contributed by atoms with van der Waals surface area (Å²) in [6.07, 6.45) is 4.91. The minimum Gasteiger partial charge on any atom is -0.493 e. The van der Waals surface area contributed by atoms with Gasteiger partial charge in [0.05, 0.1) is 30.5 Å². The molecule has 1 aliphatic rings. The molecule has 35 heavy (non-hydrogen) atoms. The summed E-state index contributed by atoms with van der Waals surface area (Å²) in [6.45, 7) is 4.63. The molecule has 1 saturated carbocycles. The third-order valence-corrected chi connectivity index (χ3v) is 6.65. The number of rotatable bonds is 8. The maximum absolute atomic E-state index is 12.6. The minimum absolute atomic E-state index is 0.0880. The Balaban J connectivity index is 1.48. The average Bonchev–Trinajstić information content (AvgIpc) is 3.31. The van der Waals surface area contributed by atoms with Gasteiger partial charge in [-0.15, -0.1) is 0 Å². The number of nitrogens with one attached hydrogen (secondary N) is 2. The zero-order chi connectivity index (χ0) is 24.4. The van der Waals surface area contributed by atoms with E-state index in [4.69, 9.17) is 9.47 Å². The van der Waals surface area contributed by atoms with Gasteiger partial charge in [-0.1, -0.05) is 36.8 Å². The Hall–Kier alpha value is -3.94. The summed E-state index contributed by atoms with van der Waals surface area (Å²) in [5.74, 6) is 0.935. The van der Waals surface area contributed by atoms with Crippen molar-refractivity contribution in [2.24, 2.45) is 5.41 Å². The number of hydrogen-bond donors (Lipinski definition) is 2. The van der Waals surface area contributed by atoms with Gasteiger partial charge in [-0.3, -0.25) is 9.59 Å². The van der Waals surface area contributed by atoms with E-state index in [0.717, 1.165) is 36.0 Å². The van der Waals surface area contributed by atoms with Gasteiger partial charge in [-0.05, 0) is 61.9 Å². The number of aromatic amines is 2. The first-order valence-corrected chi connectivity index (χ1v) is 12.0. The minimum atomic E-state index is -0.405. The summed E-state index contributed by atoms with van der Waals surface area (Å²) in [5, 5.41) is 0. The number of carbonyl (C=O) groups excluding carboxylic acids is 1. The van der Waals surface area contributed by atoms with Gasteiger partial charge in [0, 0.05) is 0 Å². The van der Waals surface area contributed by atoms with Crippen molar-refractivity contribution < 1.29 is 14.3 Å². The summed E-state index contributed by atoms with van der Waals surface area (Å²) in [5.41, 5.74) is 3.79. The lowest BCUT2D eigenvalue weighted by Crippen LogP contribution is -2.41. The lowest BCUT2D eigenvalue weighted by Gasteiger charge is -2.39. The molecule has 180 valence electrons. The van der Waals surface area contributed by atoms with Crippen LogP contribution in [0.4, 0.5) is 0 Å². The number of esters is 1. The molecule has 2 heterocycles. The molecular weight excluding hydrogens is 444 g/mol. The first-order valence-electron chi connectivity index (χ1n) is 12.0. The van der Waals surface area contributed by atoms with Gasteiger partial charge in [0.2, 0.25) is 0 Å². The first kappa shape index (κ1) is 22.8. The fraction of sp³-hybridized carbons (Fsp3) is 0.333. The molecule has 0 radical (unpaired) electrons. The van der Waals surface area contributed by atoms with Crippen molar-refractivity contribution >= 4 is 17.1 Å². The molecule has 0 aliphatic heterocycles. The Morgan fingerprint density at radius 3 is 2.66 bits per heavy atom. The van der Waals surface area contributed by atoms with E-state index >= 15 is 0 Å². The molecule has 2 aromatic carbocycles. The van der Waals surface area contributed by atoms with Crippen LogP contribution in [0.5, 0.6) is 5.75 Å². The Kier molecular flexibility index (Phi) is 6.11. The van der Waals surface area contributed by atoms with Crippen LogP contribution >= 0.6 is 0 Å². The van der Waals surface area contributed by atoms with E-state index in [0.29, 0.717) is 47.9 Å². The lowest BCUT2D eigenvalue weighted by atomic mass is 9.65. The van der Waals surface area contributed by atoms with Crippen molar-refractivity contribution in [1.82, 2.24) is 19.9 Å². The molecule has 0 spiro atoms. The van der Waals surface area contributed by atoms with Crippen molar-refractivity contribution in [3.05, 3.63) is 64.7 Å². The third kappa shape index (κ3) is 4.32. The fourth-order valence-corrected chi connectivity index (χ4v) is 4.74. The van der Waals surface area contributed by atoms with E-state index in [9.17, 15) is 9.59 Å². The largest absolute Gasteiger partial charge is 0.493 e. The van der Waals surface area contributed by atoms with Crippen LogP contribution in [-0.4, -0.2) is 39.1 Å². The van der Waals surface area contributed by atoms with Crippen molar-refractivity contribution in [3.8, 4) is 28.3 Å². The smallest absolute Gasteiger partial charge is 0.312 e. The highest BCUT2D eigenvalue weighted by Gasteiger charge is 2.45. The number of imidazole rings is 1. The zero-order valence-electron chi connectivity index (χ0n) is 19.9. The van der Waals surface area contributed by atoms with E-state index < -0.39 is 5.41 Å². The molecule has 0 saturated heterocycles. The SMILES string of the molecule is CCOC(=O)C1(Cc2cccc(-c3ccc(-c4nc5nc[nH]c5c(=O)[nH]4)c(OCC)c3)c2)CCC1. The van der Waals surface area contributed by atoms with Crippen LogP contribution in [0.1, 0.15) is 38.7 Å². The average molecular weight is 473 g/mol. The molecular formula is C27H28N4O4. The maximum atomic E-state index is 12.6. The summed E-state index contributed by atoms with van der Waals surface area (Å²) < 4.78 is 11.3. The molecule has 1 fully saturated rings. The van der Waals surface area contributed by atoms with Crippen LogP contribution in [0.25, 0.3) is 33.7 Å². The van der Waals surface area contributed by atoms with Gasteiger partial charge >= 0.3 is 5.97 Å². The van der Waals surface area contributed by atoms with Crippen LogP contribution in [0.15, 0.2) is 53.6 Å². The molecule has 4 aromatic rings. The second-order valence-electron chi connectivity index (χ2n) is 8.89. The number of aromatic nitrogens is 4. The molecule has 0 amide bonds. The zero-order valence-corrected chi connectivity index (χ0v) is 19.9. The Labute approximate surface area is 202 Å². The van der Waals surface area contributed by atoms with E-state index in [1.54, 1.807) is 0 Å². The van der Waals surface area contributed by atoms with Crippen LogP contribution < -0.4 is 10.3 Å². The van der Waals surface area contributed by atoms with Crippen molar-refractivity contribution in [2.45, 2.75) is 39.5 Å². The Bertz CT molecular complexity index is 1430. The van der Waals surface area contributed by atoms with Gasteiger partial charge in [0.15, 0.2) is 11.2 Å². The van der Waals surface area contributed by atoms with Crippen LogP contribution in [0.2, 0.25) is 0 Å². The highest BCUT2D eigenvalue weighted by atomic mass is 16.5. The third-order valence-electron chi connectivity index (χ3n) is 6.65. The van der Waals surface area contributed by atoms with E-state index in [1.165, 1.54) is 6.33 Å². The molecule has 8 nitrogen and oxygen atoms in total. The van der Waals surface area contributed by atoms with Gasteiger partial charge < -0.3 is 19.4 Å². The molecule has 0 atom stereocenters. The van der Waals surface area contributed by atoms with Crippen molar-refractivity contribution in [2.75, 3.05) is 13.2 Å². The molecule has 8 heteroatoms. The van der Waals surface area contributed by atoms with Crippen LogP contribution in [0.3, 0.4) is 0 Å². The van der Waals surface area contributed by atoms with Gasteiger partial charge in [0.1, 0.15) is 11.6 Å². The monoisotopic (exact) mass is 472 g/mol. The number of carbonyl (C=O) groups is 1. The fourth-order valence-electron chi connectivity index (χ4n) is 4.74. The van der Waals surface area contributed by atoms with Crippen molar-refractivity contribution in [1.29, 1.82) is 0 Å². The number of H-pyrrole nitrogens is 2. The summed E-state index contributed by atoms with van der Waals surface area (Å²) in [4.78, 5) is 39.3. The van der Waals surface area contributed by atoms with Gasteiger partial charge in [-0.2, -0.15) is 0 Å².